The number of amides is 2. The number of anilines is 4. The fourth-order valence-corrected chi connectivity index (χ4v) is 3.02. The van der Waals surface area contributed by atoms with E-state index in [0.717, 1.165) is 16.9 Å². The third kappa shape index (κ3) is 6.35. The third-order valence-corrected chi connectivity index (χ3v) is 4.56. The van der Waals surface area contributed by atoms with E-state index in [9.17, 15) is 4.79 Å². The molecule has 2 aromatic carbocycles. The van der Waals surface area contributed by atoms with Gasteiger partial charge in [-0.05, 0) is 50.6 Å². The van der Waals surface area contributed by atoms with Crippen LogP contribution in [0.25, 0.3) is 0 Å². The van der Waals surface area contributed by atoms with Crippen LogP contribution in [0.1, 0.15) is 16.8 Å². The van der Waals surface area contributed by atoms with Crippen molar-refractivity contribution in [3.8, 4) is 0 Å². The smallest absolute Gasteiger partial charge is 0.319 e. The molecule has 0 saturated heterocycles. The molecule has 4 N–H and O–H groups in total. The van der Waals surface area contributed by atoms with Crippen molar-refractivity contribution in [1.82, 2.24) is 15.3 Å². The summed E-state index contributed by atoms with van der Waals surface area (Å²) in [5.41, 5.74) is 4.59. The Morgan fingerprint density at radius 3 is 2.40 bits per heavy atom. The number of carbonyl (C=O) groups is 1. The van der Waals surface area contributed by atoms with Gasteiger partial charge in [0, 0.05) is 30.5 Å². The zero-order valence-electron chi connectivity index (χ0n) is 17.2. The number of carbonyl (C=O) groups excluding carboxylic acids is 1. The number of benzene rings is 2. The number of nitrogens with one attached hydrogen (secondary N) is 4. The normalized spacial score (nSPS) is 10.4. The standard InChI is InChI=1S/C22H25ClN6O/c1-14-4-7-17(8-5-14)27-20-13-16(3)26-21(29-20)24-10-11-25-22(30)28-19-9-6-15(2)12-18(19)23/h4-9,12-13H,10-11H2,1-3H3,(H2,25,28,30)(H2,24,26,27,29). The largest absolute Gasteiger partial charge is 0.352 e. The summed E-state index contributed by atoms with van der Waals surface area (Å²) >= 11 is 6.13. The minimum Gasteiger partial charge on any atom is -0.352 e. The van der Waals surface area contributed by atoms with E-state index in [1.807, 2.05) is 57.2 Å². The van der Waals surface area contributed by atoms with Gasteiger partial charge in [0.2, 0.25) is 5.95 Å². The predicted molar refractivity (Wildman–Crippen MR) is 123 cm³/mol. The highest BCUT2D eigenvalue weighted by Crippen LogP contribution is 2.22. The molecule has 0 saturated carbocycles. The highest BCUT2D eigenvalue weighted by molar-refractivity contribution is 6.33. The van der Waals surface area contributed by atoms with Gasteiger partial charge in [0.15, 0.2) is 0 Å². The monoisotopic (exact) mass is 424 g/mol. The quantitative estimate of drug-likeness (QED) is 0.399. The fourth-order valence-electron chi connectivity index (χ4n) is 2.73. The molecule has 156 valence electrons. The van der Waals surface area contributed by atoms with Crippen LogP contribution in [0.15, 0.2) is 48.5 Å². The SMILES string of the molecule is Cc1ccc(Nc2cc(C)nc(NCCNC(=O)Nc3ccc(C)cc3Cl)n2)cc1. The van der Waals surface area contributed by atoms with Crippen LogP contribution in [0.5, 0.6) is 0 Å². The topological polar surface area (TPSA) is 91.0 Å². The molecular weight excluding hydrogens is 400 g/mol. The molecule has 0 fully saturated rings. The second-order valence-electron chi connectivity index (χ2n) is 7.00. The fraction of sp³-hybridized carbons (Fsp3) is 0.227. The Hall–Kier alpha value is -3.32. The lowest BCUT2D eigenvalue weighted by Gasteiger charge is -2.11. The van der Waals surface area contributed by atoms with Gasteiger partial charge in [-0.3, -0.25) is 0 Å². The Balaban J connectivity index is 1.49. The number of rotatable bonds is 7. The zero-order chi connectivity index (χ0) is 21.5. The van der Waals surface area contributed by atoms with E-state index in [0.29, 0.717) is 35.6 Å². The van der Waals surface area contributed by atoms with E-state index in [-0.39, 0.29) is 6.03 Å². The molecule has 0 aliphatic carbocycles. The van der Waals surface area contributed by atoms with Crippen molar-refractivity contribution < 1.29 is 4.79 Å². The number of halogens is 1. The highest BCUT2D eigenvalue weighted by atomic mass is 35.5. The van der Waals surface area contributed by atoms with Crippen LogP contribution in [-0.4, -0.2) is 29.1 Å². The highest BCUT2D eigenvalue weighted by Gasteiger charge is 2.06. The number of hydrogen-bond acceptors (Lipinski definition) is 5. The molecule has 0 aliphatic rings. The predicted octanol–water partition coefficient (Wildman–Crippen LogP) is 5.03. The average molecular weight is 425 g/mol. The molecule has 3 aromatic rings. The number of hydrogen-bond donors (Lipinski definition) is 4. The average Bonchev–Trinajstić information content (AvgIpc) is 2.69. The zero-order valence-corrected chi connectivity index (χ0v) is 18.0. The Kier molecular flexibility index (Phi) is 7.08. The maximum absolute atomic E-state index is 12.0. The number of urea groups is 1. The van der Waals surface area contributed by atoms with Crippen LogP contribution in [0.4, 0.5) is 27.9 Å². The third-order valence-electron chi connectivity index (χ3n) is 4.24. The van der Waals surface area contributed by atoms with Gasteiger partial charge in [-0.1, -0.05) is 35.4 Å². The molecule has 1 aromatic heterocycles. The molecule has 0 radical (unpaired) electrons. The Morgan fingerprint density at radius 2 is 1.67 bits per heavy atom. The van der Waals surface area contributed by atoms with Crippen molar-refractivity contribution in [2.75, 3.05) is 29.0 Å². The summed E-state index contributed by atoms with van der Waals surface area (Å²) in [6.07, 6.45) is 0. The molecule has 3 rings (SSSR count). The minimum atomic E-state index is -0.325. The lowest BCUT2D eigenvalue weighted by molar-refractivity contribution is 0.252. The lowest BCUT2D eigenvalue weighted by Crippen LogP contribution is -2.33. The summed E-state index contributed by atoms with van der Waals surface area (Å²) in [6.45, 7) is 6.76. The van der Waals surface area contributed by atoms with Crippen molar-refractivity contribution in [1.29, 1.82) is 0 Å². The summed E-state index contributed by atoms with van der Waals surface area (Å²) in [5.74, 6) is 1.20. The summed E-state index contributed by atoms with van der Waals surface area (Å²) in [6, 6.07) is 15.1. The Bertz CT molecular complexity index is 1020. The van der Waals surface area contributed by atoms with E-state index in [2.05, 4.69) is 31.2 Å². The van der Waals surface area contributed by atoms with Crippen molar-refractivity contribution in [3.63, 3.8) is 0 Å². The summed E-state index contributed by atoms with van der Waals surface area (Å²) in [4.78, 5) is 20.9. The van der Waals surface area contributed by atoms with E-state index < -0.39 is 0 Å². The van der Waals surface area contributed by atoms with Crippen molar-refractivity contribution in [3.05, 3.63) is 70.4 Å². The van der Waals surface area contributed by atoms with Crippen LogP contribution in [-0.2, 0) is 0 Å². The van der Waals surface area contributed by atoms with Crippen LogP contribution < -0.4 is 21.3 Å². The van der Waals surface area contributed by atoms with E-state index >= 15 is 0 Å². The molecule has 30 heavy (non-hydrogen) atoms. The number of aromatic nitrogens is 2. The number of aryl methyl sites for hydroxylation is 3. The molecule has 0 unspecified atom stereocenters. The van der Waals surface area contributed by atoms with Crippen molar-refractivity contribution >= 4 is 40.8 Å². The first-order valence-electron chi connectivity index (χ1n) is 9.63. The van der Waals surface area contributed by atoms with Gasteiger partial charge < -0.3 is 21.3 Å². The first kappa shape index (κ1) is 21.4. The summed E-state index contributed by atoms with van der Waals surface area (Å²) in [7, 11) is 0. The van der Waals surface area contributed by atoms with E-state index in [1.54, 1.807) is 12.1 Å². The molecule has 0 bridgehead atoms. The molecular formula is C22H25ClN6O. The van der Waals surface area contributed by atoms with Crippen LogP contribution >= 0.6 is 11.6 Å². The summed E-state index contributed by atoms with van der Waals surface area (Å²) in [5, 5.41) is 12.4. The van der Waals surface area contributed by atoms with Crippen LogP contribution in [0.3, 0.4) is 0 Å². The second kappa shape index (κ2) is 9.93. The molecule has 1 heterocycles. The minimum absolute atomic E-state index is 0.325. The number of nitrogens with zero attached hydrogens (tertiary/aromatic N) is 2. The van der Waals surface area contributed by atoms with Gasteiger partial charge in [-0.15, -0.1) is 0 Å². The maximum Gasteiger partial charge on any atom is 0.319 e. The molecule has 8 heteroatoms. The van der Waals surface area contributed by atoms with Gasteiger partial charge in [0.1, 0.15) is 5.82 Å². The van der Waals surface area contributed by atoms with Crippen LogP contribution in [0, 0.1) is 20.8 Å². The van der Waals surface area contributed by atoms with E-state index in [1.165, 1.54) is 5.56 Å². The van der Waals surface area contributed by atoms with Crippen LogP contribution in [0.2, 0.25) is 5.02 Å². The lowest BCUT2D eigenvalue weighted by atomic mass is 10.2. The van der Waals surface area contributed by atoms with Gasteiger partial charge in [-0.2, -0.15) is 4.98 Å². The van der Waals surface area contributed by atoms with Gasteiger partial charge in [0.25, 0.3) is 0 Å². The van der Waals surface area contributed by atoms with Crippen molar-refractivity contribution in [2.45, 2.75) is 20.8 Å². The van der Waals surface area contributed by atoms with Crippen molar-refractivity contribution in [2.24, 2.45) is 0 Å². The Morgan fingerprint density at radius 1 is 0.933 bits per heavy atom. The summed E-state index contributed by atoms with van der Waals surface area (Å²) < 4.78 is 0. The van der Waals surface area contributed by atoms with E-state index in [4.69, 9.17) is 11.6 Å². The maximum atomic E-state index is 12.0. The first-order chi connectivity index (χ1) is 14.4. The first-order valence-corrected chi connectivity index (χ1v) is 10.0. The Labute approximate surface area is 181 Å². The molecule has 0 atom stereocenters. The molecule has 0 spiro atoms. The van der Waals surface area contributed by atoms with Gasteiger partial charge >= 0.3 is 6.03 Å². The molecule has 0 aliphatic heterocycles. The second-order valence-corrected chi connectivity index (χ2v) is 7.41. The molecule has 2 amide bonds. The van der Waals surface area contributed by atoms with Gasteiger partial charge in [0.05, 0.1) is 10.7 Å². The molecule has 7 nitrogen and oxygen atoms in total. The van der Waals surface area contributed by atoms with Gasteiger partial charge in [-0.25, -0.2) is 9.78 Å².